The molecule has 1 aliphatic carbocycles. The SMILES string of the molecule is CC(=O)Nc1nc2c(s1)-c1c(c(-c3ccc(CCCN(C)C)nc3)nn1-c1ccccc1Cl)CC2. The second-order valence-electron chi connectivity index (χ2n) is 8.96. The van der Waals surface area contributed by atoms with Crippen LogP contribution in [0.4, 0.5) is 5.13 Å². The monoisotopic (exact) mass is 506 g/mol. The third-order valence-corrected chi connectivity index (χ3v) is 7.35. The molecule has 9 heteroatoms. The Morgan fingerprint density at radius 2 is 2.03 bits per heavy atom. The van der Waals surface area contributed by atoms with E-state index in [0.29, 0.717) is 10.2 Å². The number of carbonyl (C=O) groups is 1. The van der Waals surface area contributed by atoms with E-state index in [-0.39, 0.29) is 5.91 Å². The van der Waals surface area contributed by atoms with Crippen molar-refractivity contribution in [2.75, 3.05) is 26.0 Å². The maximum Gasteiger partial charge on any atom is 0.223 e. The third-order valence-electron chi connectivity index (χ3n) is 6.01. The number of nitrogens with zero attached hydrogens (tertiary/aromatic N) is 5. The van der Waals surface area contributed by atoms with E-state index in [2.05, 4.69) is 41.4 Å². The molecule has 35 heavy (non-hydrogen) atoms. The Balaban J connectivity index is 1.58. The molecule has 7 nitrogen and oxygen atoms in total. The molecule has 0 spiro atoms. The van der Waals surface area contributed by atoms with E-state index < -0.39 is 0 Å². The predicted octanol–water partition coefficient (Wildman–Crippen LogP) is 5.26. The fraction of sp³-hybridized carbons (Fsp3) is 0.308. The highest BCUT2D eigenvalue weighted by Crippen LogP contribution is 2.44. The van der Waals surface area contributed by atoms with Crippen LogP contribution < -0.4 is 5.32 Å². The van der Waals surface area contributed by atoms with Gasteiger partial charge in [0.1, 0.15) is 0 Å². The Bertz CT molecular complexity index is 1380. The van der Waals surface area contributed by atoms with Crippen LogP contribution in [0.15, 0.2) is 42.6 Å². The number of pyridine rings is 1. The molecule has 0 radical (unpaired) electrons. The van der Waals surface area contributed by atoms with Gasteiger partial charge in [0.15, 0.2) is 5.13 Å². The average Bonchev–Trinajstić information content (AvgIpc) is 3.40. The summed E-state index contributed by atoms with van der Waals surface area (Å²) in [6.45, 7) is 2.53. The Morgan fingerprint density at radius 1 is 1.20 bits per heavy atom. The molecule has 0 aliphatic heterocycles. The number of rotatable bonds is 7. The standard InChI is InChI=1S/C26H27ClN6OS/c1-16(34)29-26-30-21-13-12-19-23(17-10-11-18(28-15-17)7-6-14-32(2)3)31-33(24(19)25(21)35-26)22-9-5-4-8-20(22)27/h4-5,8-11,15H,6-7,12-14H2,1-3H3,(H,29,30,34). The van der Waals surface area contributed by atoms with E-state index >= 15 is 0 Å². The van der Waals surface area contributed by atoms with Crippen LogP contribution in [-0.2, 0) is 24.1 Å². The van der Waals surface area contributed by atoms with Crippen LogP contribution in [0.5, 0.6) is 0 Å². The predicted molar refractivity (Wildman–Crippen MR) is 141 cm³/mol. The van der Waals surface area contributed by atoms with E-state index in [1.165, 1.54) is 18.3 Å². The molecule has 0 bridgehead atoms. The average molecular weight is 507 g/mol. The number of aromatic nitrogens is 4. The number of thiazole rings is 1. The van der Waals surface area contributed by atoms with Crippen LogP contribution in [0.25, 0.3) is 27.5 Å². The lowest BCUT2D eigenvalue weighted by atomic mass is 9.95. The van der Waals surface area contributed by atoms with Gasteiger partial charge in [-0.1, -0.05) is 35.1 Å². The molecular formula is C26H27ClN6OS. The van der Waals surface area contributed by atoms with Gasteiger partial charge < -0.3 is 10.2 Å². The van der Waals surface area contributed by atoms with E-state index in [4.69, 9.17) is 21.7 Å². The summed E-state index contributed by atoms with van der Waals surface area (Å²) in [5.74, 6) is -0.131. The van der Waals surface area contributed by atoms with Gasteiger partial charge in [-0.05, 0) is 70.6 Å². The smallest absolute Gasteiger partial charge is 0.223 e. The molecule has 180 valence electrons. The largest absolute Gasteiger partial charge is 0.309 e. The van der Waals surface area contributed by atoms with Gasteiger partial charge in [0.25, 0.3) is 0 Å². The molecule has 1 N–H and O–H groups in total. The minimum Gasteiger partial charge on any atom is -0.309 e. The quantitative estimate of drug-likeness (QED) is 0.370. The topological polar surface area (TPSA) is 75.9 Å². The lowest BCUT2D eigenvalue weighted by molar-refractivity contribution is -0.114. The zero-order valence-corrected chi connectivity index (χ0v) is 21.6. The second-order valence-corrected chi connectivity index (χ2v) is 10.4. The van der Waals surface area contributed by atoms with Crippen molar-refractivity contribution >= 4 is 34.0 Å². The molecule has 1 aliphatic rings. The van der Waals surface area contributed by atoms with Crippen LogP contribution in [0, 0.1) is 0 Å². The molecule has 0 fully saturated rings. The Morgan fingerprint density at radius 3 is 2.74 bits per heavy atom. The first kappa shape index (κ1) is 23.7. The van der Waals surface area contributed by atoms with Crippen LogP contribution in [0.2, 0.25) is 5.02 Å². The summed E-state index contributed by atoms with van der Waals surface area (Å²) < 4.78 is 1.92. The fourth-order valence-electron chi connectivity index (χ4n) is 4.39. The molecule has 0 saturated heterocycles. The molecule has 0 atom stereocenters. The number of carbonyl (C=O) groups excluding carboxylic acids is 1. The van der Waals surface area contributed by atoms with Gasteiger partial charge in [-0.3, -0.25) is 9.78 Å². The van der Waals surface area contributed by atoms with Crippen molar-refractivity contribution in [1.29, 1.82) is 0 Å². The van der Waals surface area contributed by atoms with Crippen molar-refractivity contribution in [3.63, 3.8) is 0 Å². The van der Waals surface area contributed by atoms with Gasteiger partial charge in [0.2, 0.25) is 5.91 Å². The second kappa shape index (κ2) is 9.89. The number of amides is 1. The number of hydrogen-bond donors (Lipinski definition) is 1. The van der Waals surface area contributed by atoms with E-state index in [1.54, 1.807) is 0 Å². The first-order valence-electron chi connectivity index (χ1n) is 11.6. The van der Waals surface area contributed by atoms with E-state index in [0.717, 1.165) is 76.7 Å². The van der Waals surface area contributed by atoms with Gasteiger partial charge in [-0.2, -0.15) is 5.10 Å². The van der Waals surface area contributed by atoms with Crippen LogP contribution in [0.1, 0.15) is 30.3 Å². The molecule has 3 aromatic heterocycles. The van der Waals surface area contributed by atoms with Gasteiger partial charge in [0, 0.05) is 29.9 Å². The number of para-hydroxylation sites is 1. The number of halogens is 1. The van der Waals surface area contributed by atoms with Crippen LogP contribution in [-0.4, -0.2) is 51.2 Å². The minimum absolute atomic E-state index is 0.131. The van der Waals surface area contributed by atoms with Crippen molar-refractivity contribution in [3.8, 4) is 27.5 Å². The van der Waals surface area contributed by atoms with Crippen LogP contribution in [0.3, 0.4) is 0 Å². The summed E-state index contributed by atoms with van der Waals surface area (Å²) in [5, 5.41) is 9.11. The Kier molecular flexibility index (Phi) is 6.69. The zero-order chi connectivity index (χ0) is 24.5. The molecular weight excluding hydrogens is 480 g/mol. The highest BCUT2D eigenvalue weighted by Gasteiger charge is 2.30. The van der Waals surface area contributed by atoms with Gasteiger partial charge in [-0.25, -0.2) is 9.67 Å². The van der Waals surface area contributed by atoms with Gasteiger partial charge in [0.05, 0.1) is 32.7 Å². The number of anilines is 1. The molecule has 1 amide bonds. The molecule has 1 aromatic carbocycles. The lowest BCUT2D eigenvalue weighted by Gasteiger charge is -2.14. The summed E-state index contributed by atoms with van der Waals surface area (Å²) in [6, 6.07) is 11.9. The van der Waals surface area contributed by atoms with E-state index in [1.807, 2.05) is 35.1 Å². The van der Waals surface area contributed by atoms with Gasteiger partial charge in [-0.15, -0.1) is 0 Å². The molecule has 0 saturated carbocycles. The van der Waals surface area contributed by atoms with Crippen molar-refractivity contribution in [2.24, 2.45) is 0 Å². The van der Waals surface area contributed by atoms with Crippen LogP contribution >= 0.6 is 22.9 Å². The first-order valence-corrected chi connectivity index (χ1v) is 12.8. The maximum atomic E-state index is 11.6. The highest BCUT2D eigenvalue weighted by atomic mass is 35.5. The highest BCUT2D eigenvalue weighted by molar-refractivity contribution is 7.19. The molecule has 0 unspecified atom stereocenters. The summed E-state index contributed by atoms with van der Waals surface area (Å²) in [5.41, 5.74) is 6.90. The number of benzene rings is 1. The summed E-state index contributed by atoms with van der Waals surface area (Å²) in [7, 11) is 4.17. The fourth-order valence-corrected chi connectivity index (χ4v) is 5.72. The summed E-state index contributed by atoms with van der Waals surface area (Å²) in [6.07, 6.45) is 5.53. The van der Waals surface area contributed by atoms with Crippen molar-refractivity contribution in [1.82, 2.24) is 24.6 Å². The third kappa shape index (κ3) is 4.87. The number of nitrogens with one attached hydrogen (secondary N) is 1. The molecule has 5 rings (SSSR count). The first-order chi connectivity index (χ1) is 16.9. The number of aryl methyl sites for hydroxylation is 2. The lowest BCUT2D eigenvalue weighted by Crippen LogP contribution is -2.13. The van der Waals surface area contributed by atoms with Gasteiger partial charge >= 0.3 is 0 Å². The minimum atomic E-state index is -0.131. The summed E-state index contributed by atoms with van der Waals surface area (Å²) in [4.78, 5) is 24.2. The summed E-state index contributed by atoms with van der Waals surface area (Å²) >= 11 is 8.08. The van der Waals surface area contributed by atoms with Crippen molar-refractivity contribution in [2.45, 2.75) is 32.6 Å². The zero-order valence-electron chi connectivity index (χ0n) is 20.0. The maximum absolute atomic E-state index is 11.6. The van der Waals surface area contributed by atoms with Crippen molar-refractivity contribution < 1.29 is 4.79 Å². The molecule has 3 heterocycles. The Labute approximate surface area is 213 Å². The van der Waals surface area contributed by atoms with Crippen molar-refractivity contribution in [3.05, 3.63) is 64.6 Å². The number of fused-ring (bicyclic) bond motifs is 3. The number of hydrogen-bond acceptors (Lipinski definition) is 6. The Hall–Kier alpha value is -3.07. The normalized spacial score (nSPS) is 12.5. The molecule has 4 aromatic rings. The van der Waals surface area contributed by atoms with E-state index in [9.17, 15) is 4.79 Å².